The van der Waals surface area contributed by atoms with Crippen molar-refractivity contribution >= 4 is 11.8 Å². The summed E-state index contributed by atoms with van der Waals surface area (Å²) < 4.78 is 5.39. The molecule has 1 fully saturated rings. The first-order valence-electron chi connectivity index (χ1n) is 7.96. The van der Waals surface area contributed by atoms with E-state index < -0.39 is 11.5 Å². The van der Waals surface area contributed by atoms with Gasteiger partial charge in [0.25, 0.3) is 0 Å². The van der Waals surface area contributed by atoms with E-state index in [0.29, 0.717) is 18.7 Å². The van der Waals surface area contributed by atoms with E-state index in [1.165, 1.54) is 0 Å². The number of ether oxygens (including phenoxy) is 1. The van der Waals surface area contributed by atoms with Gasteiger partial charge >= 0.3 is 6.09 Å². The number of nitriles is 2. The summed E-state index contributed by atoms with van der Waals surface area (Å²) in [6.45, 7) is 8.23. The van der Waals surface area contributed by atoms with Crippen LogP contribution in [0.5, 0.6) is 0 Å². The molecule has 1 aliphatic rings. The van der Waals surface area contributed by atoms with Crippen molar-refractivity contribution in [1.29, 1.82) is 10.5 Å². The van der Waals surface area contributed by atoms with Crippen molar-refractivity contribution in [2.75, 3.05) is 31.1 Å². The fourth-order valence-corrected chi connectivity index (χ4v) is 2.53. The Balaban J connectivity index is 1.94. The van der Waals surface area contributed by atoms with Crippen LogP contribution in [-0.4, -0.2) is 42.8 Å². The second-order valence-corrected chi connectivity index (χ2v) is 6.74. The van der Waals surface area contributed by atoms with Gasteiger partial charge in [-0.2, -0.15) is 10.5 Å². The number of piperazine rings is 1. The minimum atomic E-state index is -0.733. The SMILES string of the molecule is CC(C)(C)OC(=O)N1CCN(c2ccc(C(C#N)C#N)cc2)CC1. The maximum atomic E-state index is 12.1. The smallest absolute Gasteiger partial charge is 0.410 e. The predicted octanol–water partition coefficient (Wildman–Crippen LogP) is 2.87. The summed E-state index contributed by atoms with van der Waals surface area (Å²) in [5, 5.41) is 17.9. The predicted molar refractivity (Wildman–Crippen MR) is 90.4 cm³/mol. The second kappa shape index (κ2) is 7.23. The highest BCUT2D eigenvalue weighted by molar-refractivity contribution is 5.68. The number of nitrogens with zero attached hydrogens (tertiary/aromatic N) is 4. The lowest BCUT2D eigenvalue weighted by molar-refractivity contribution is 0.0240. The van der Waals surface area contributed by atoms with Gasteiger partial charge in [0.05, 0.1) is 12.1 Å². The summed E-state index contributed by atoms with van der Waals surface area (Å²) in [6.07, 6.45) is -0.275. The van der Waals surface area contributed by atoms with Crippen LogP contribution in [0.25, 0.3) is 0 Å². The quantitative estimate of drug-likeness (QED) is 0.835. The average Bonchev–Trinajstić information content (AvgIpc) is 2.55. The lowest BCUT2D eigenvalue weighted by Crippen LogP contribution is -2.50. The Morgan fingerprint density at radius 2 is 1.62 bits per heavy atom. The molecule has 126 valence electrons. The molecule has 0 saturated carbocycles. The highest BCUT2D eigenvalue weighted by atomic mass is 16.6. The molecule has 0 spiro atoms. The zero-order valence-corrected chi connectivity index (χ0v) is 14.3. The lowest BCUT2D eigenvalue weighted by atomic mass is 10.0. The normalized spacial score (nSPS) is 14.9. The molecule has 0 aliphatic carbocycles. The molecule has 0 atom stereocenters. The van der Waals surface area contributed by atoms with Crippen molar-refractivity contribution in [2.45, 2.75) is 32.3 Å². The van der Waals surface area contributed by atoms with Gasteiger partial charge in [0.1, 0.15) is 5.60 Å². The van der Waals surface area contributed by atoms with Gasteiger partial charge in [-0.3, -0.25) is 0 Å². The fraction of sp³-hybridized carbons (Fsp3) is 0.500. The molecule has 1 amide bonds. The fourth-order valence-electron chi connectivity index (χ4n) is 2.53. The molecule has 0 aromatic heterocycles. The number of rotatable bonds is 2. The van der Waals surface area contributed by atoms with Gasteiger partial charge in [0.15, 0.2) is 5.92 Å². The Hall–Kier alpha value is -2.73. The van der Waals surface area contributed by atoms with Crippen LogP contribution >= 0.6 is 0 Å². The third-order valence-electron chi connectivity index (χ3n) is 3.78. The number of amides is 1. The molecule has 1 aliphatic heterocycles. The van der Waals surface area contributed by atoms with Crippen molar-refractivity contribution in [3.05, 3.63) is 29.8 Å². The highest BCUT2D eigenvalue weighted by Gasteiger charge is 2.26. The van der Waals surface area contributed by atoms with Crippen LogP contribution in [0.2, 0.25) is 0 Å². The molecule has 6 nitrogen and oxygen atoms in total. The molecule has 24 heavy (non-hydrogen) atoms. The third kappa shape index (κ3) is 4.39. The first kappa shape index (κ1) is 17.6. The Morgan fingerprint density at radius 3 is 2.08 bits per heavy atom. The van der Waals surface area contributed by atoms with Crippen molar-refractivity contribution in [2.24, 2.45) is 0 Å². The molecule has 6 heteroatoms. The van der Waals surface area contributed by atoms with Crippen LogP contribution in [0, 0.1) is 22.7 Å². The van der Waals surface area contributed by atoms with Crippen LogP contribution in [0.4, 0.5) is 10.5 Å². The van der Waals surface area contributed by atoms with Gasteiger partial charge in [-0.1, -0.05) is 12.1 Å². The molecule has 1 aromatic carbocycles. The van der Waals surface area contributed by atoms with Crippen LogP contribution < -0.4 is 4.90 Å². The maximum Gasteiger partial charge on any atom is 0.410 e. The topological polar surface area (TPSA) is 80.4 Å². The molecule has 0 radical (unpaired) electrons. The first-order valence-corrected chi connectivity index (χ1v) is 7.96. The van der Waals surface area contributed by atoms with E-state index in [2.05, 4.69) is 4.90 Å². The highest BCUT2D eigenvalue weighted by Crippen LogP contribution is 2.21. The molecule has 2 rings (SSSR count). The van der Waals surface area contributed by atoms with Gasteiger partial charge in [0.2, 0.25) is 0 Å². The Kier molecular flexibility index (Phi) is 5.31. The van der Waals surface area contributed by atoms with Crippen LogP contribution in [0.1, 0.15) is 32.3 Å². The zero-order valence-electron chi connectivity index (χ0n) is 14.3. The summed E-state index contributed by atoms with van der Waals surface area (Å²) in [5.41, 5.74) is 1.25. The van der Waals surface area contributed by atoms with Crippen molar-refractivity contribution < 1.29 is 9.53 Å². The minimum Gasteiger partial charge on any atom is -0.444 e. The van der Waals surface area contributed by atoms with E-state index in [4.69, 9.17) is 15.3 Å². The van der Waals surface area contributed by atoms with Gasteiger partial charge in [0, 0.05) is 31.9 Å². The second-order valence-electron chi connectivity index (χ2n) is 6.74. The first-order chi connectivity index (χ1) is 11.3. The molecular weight excluding hydrogens is 304 g/mol. The monoisotopic (exact) mass is 326 g/mol. The number of hydrogen-bond acceptors (Lipinski definition) is 5. The molecule has 1 aromatic rings. The molecule has 1 heterocycles. The molecule has 0 N–H and O–H groups in total. The Labute approximate surface area is 142 Å². The number of anilines is 1. The minimum absolute atomic E-state index is 0.275. The third-order valence-corrected chi connectivity index (χ3v) is 3.78. The number of hydrogen-bond donors (Lipinski definition) is 0. The summed E-state index contributed by atoms with van der Waals surface area (Å²) >= 11 is 0. The Morgan fingerprint density at radius 1 is 1.08 bits per heavy atom. The standard InChI is InChI=1S/C18H22N4O2/c1-18(2,3)24-17(23)22-10-8-21(9-11-22)16-6-4-14(5-7-16)15(12-19)13-20/h4-7,15H,8-11H2,1-3H3. The average molecular weight is 326 g/mol. The Bertz CT molecular complexity index is 642. The van der Waals surface area contributed by atoms with Gasteiger partial charge < -0.3 is 14.5 Å². The van der Waals surface area contributed by atoms with Gasteiger partial charge in [-0.25, -0.2) is 4.79 Å². The number of carbonyl (C=O) groups is 1. The van der Waals surface area contributed by atoms with Crippen LogP contribution in [0.3, 0.4) is 0 Å². The largest absolute Gasteiger partial charge is 0.444 e. The van der Waals surface area contributed by atoms with E-state index in [9.17, 15) is 4.79 Å². The van der Waals surface area contributed by atoms with E-state index in [-0.39, 0.29) is 6.09 Å². The number of benzene rings is 1. The van der Waals surface area contributed by atoms with Gasteiger partial charge in [-0.15, -0.1) is 0 Å². The van der Waals surface area contributed by atoms with E-state index in [0.717, 1.165) is 18.8 Å². The van der Waals surface area contributed by atoms with Crippen molar-refractivity contribution in [1.82, 2.24) is 4.90 Å². The van der Waals surface area contributed by atoms with Crippen LogP contribution in [-0.2, 0) is 4.74 Å². The molecule has 0 unspecified atom stereocenters. The zero-order chi connectivity index (χ0) is 17.7. The summed E-state index contributed by atoms with van der Waals surface area (Å²) in [6, 6.07) is 11.4. The van der Waals surface area contributed by atoms with E-state index >= 15 is 0 Å². The lowest BCUT2D eigenvalue weighted by Gasteiger charge is -2.36. The van der Waals surface area contributed by atoms with Crippen molar-refractivity contribution in [3.63, 3.8) is 0 Å². The van der Waals surface area contributed by atoms with E-state index in [1.54, 1.807) is 4.90 Å². The molecular formula is C18H22N4O2. The number of carbonyl (C=O) groups excluding carboxylic acids is 1. The maximum absolute atomic E-state index is 12.1. The summed E-state index contributed by atoms with van der Waals surface area (Å²) in [5.74, 6) is -0.733. The summed E-state index contributed by atoms with van der Waals surface area (Å²) in [7, 11) is 0. The molecule has 0 bridgehead atoms. The molecule has 1 saturated heterocycles. The van der Waals surface area contributed by atoms with E-state index in [1.807, 2.05) is 57.2 Å². The van der Waals surface area contributed by atoms with Crippen molar-refractivity contribution in [3.8, 4) is 12.1 Å². The van der Waals surface area contributed by atoms with Gasteiger partial charge in [-0.05, 0) is 38.5 Å². The summed E-state index contributed by atoms with van der Waals surface area (Å²) in [4.78, 5) is 16.0. The van der Waals surface area contributed by atoms with Crippen LogP contribution in [0.15, 0.2) is 24.3 Å².